The number of aryl methyl sites for hydroxylation is 1. The number of ether oxygens (including phenoxy) is 1. The van der Waals surface area contributed by atoms with Crippen molar-refractivity contribution in [3.05, 3.63) is 71.8 Å². The first kappa shape index (κ1) is 26.9. The van der Waals surface area contributed by atoms with Crippen LogP contribution in [0.4, 0.5) is 13.2 Å². The summed E-state index contributed by atoms with van der Waals surface area (Å²) in [7, 11) is 0. The van der Waals surface area contributed by atoms with E-state index in [9.17, 15) is 18.0 Å². The van der Waals surface area contributed by atoms with Gasteiger partial charge in [-0.25, -0.2) is 4.79 Å². The van der Waals surface area contributed by atoms with Crippen molar-refractivity contribution in [1.82, 2.24) is 4.90 Å². The Labute approximate surface area is 196 Å². The predicted octanol–water partition coefficient (Wildman–Crippen LogP) is 4.90. The Kier molecular flexibility index (Phi) is 10.6. The smallest absolute Gasteiger partial charge is 0.490 e. The molecule has 0 saturated carbocycles. The van der Waals surface area contributed by atoms with Crippen LogP contribution in [-0.2, 0) is 16.0 Å². The molecule has 2 N–H and O–H groups in total. The Hall–Kier alpha value is -3.33. The summed E-state index contributed by atoms with van der Waals surface area (Å²) in [5.41, 5.74) is 3.90. The van der Waals surface area contributed by atoms with Crippen LogP contribution in [0.5, 0.6) is 5.75 Å². The average molecular weight is 479 g/mol. The van der Waals surface area contributed by atoms with Gasteiger partial charge in [0.1, 0.15) is 5.75 Å². The van der Waals surface area contributed by atoms with Crippen LogP contribution in [-0.4, -0.2) is 59.5 Å². The highest BCUT2D eigenvalue weighted by Crippen LogP contribution is 2.24. The quantitative estimate of drug-likeness (QED) is 0.498. The van der Waals surface area contributed by atoms with Gasteiger partial charge in [-0.05, 0) is 48.1 Å². The molecule has 1 aliphatic rings. The molecule has 1 heterocycles. The molecule has 1 aliphatic heterocycles. The number of carboxylic acids is 2. The maximum absolute atomic E-state index is 10.7. The molecule has 0 atom stereocenters. The molecule has 184 valence electrons. The van der Waals surface area contributed by atoms with E-state index in [1.807, 2.05) is 18.2 Å². The standard InChI is InChI=1S/C23H27NO3.C2HF3O2/c25-23(26)14-17-24-15-12-21(13-16-24)20-8-10-22(11-9-20)27-18-4-7-19-5-2-1-3-6-19;3-2(4,5)1(6)7/h1-3,5-6,8-12H,4,7,13-18H2,(H,25,26);(H,6,7). The summed E-state index contributed by atoms with van der Waals surface area (Å²) < 4.78 is 37.6. The minimum absolute atomic E-state index is 0.208. The number of carbonyl (C=O) groups is 2. The van der Waals surface area contributed by atoms with Crippen LogP contribution in [0.15, 0.2) is 60.7 Å². The fourth-order valence-corrected chi connectivity index (χ4v) is 3.31. The molecule has 34 heavy (non-hydrogen) atoms. The molecule has 6 nitrogen and oxygen atoms in total. The lowest BCUT2D eigenvalue weighted by molar-refractivity contribution is -0.192. The number of halogens is 3. The van der Waals surface area contributed by atoms with Gasteiger partial charge >= 0.3 is 18.1 Å². The fourth-order valence-electron chi connectivity index (χ4n) is 3.31. The Morgan fingerprint density at radius 1 is 1.00 bits per heavy atom. The molecule has 0 aliphatic carbocycles. The van der Waals surface area contributed by atoms with E-state index in [2.05, 4.69) is 47.4 Å². The minimum atomic E-state index is -5.08. The molecule has 2 aromatic carbocycles. The van der Waals surface area contributed by atoms with Gasteiger partial charge in [0.05, 0.1) is 13.0 Å². The summed E-state index contributed by atoms with van der Waals surface area (Å²) in [4.78, 5) is 21.8. The zero-order chi connectivity index (χ0) is 25.0. The van der Waals surface area contributed by atoms with Gasteiger partial charge in [0.25, 0.3) is 0 Å². The van der Waals surface area contributed by atoms with Gasteiger partial charge in [-0.2, -0.15) is 13.2 Å². The van der Waals surface area contributed by atoms with E-state index in [1.165, 1.54) is 16.7 Å². The van der Waals surface area contributed by atoms with Crippen LogP contribution in [0, 0.1) is 0 Å². The van der Waals surface area contributed by atoms with Crippen molar-refractivity contribution in [3.63, 3.8) is 0 Å². The van der Waals surface area contributed by atoms with E-state index in [0.717, 1.165) is 44.7 Å². The number of rotatable bonds is 9. The first-order valence-corrected chi connectivity index (χ1v) is 10.9. The fraction of sp³-hybridized carbons (Fsp3) is 0.360. The Balaban J connectivity index is 0.000000509. The molecule has 0 amide bonds. The van der Waals surface area contributed by atoms with Crippen LogP contribution in [0.25, 0.3) is 5.57 Å². The molecule has 0 spiro atoms. The monoisotopic (exact) mass is 479 g/mol. The normalized spacial score (nSPS) is 13.9. The second kappa shape index (κ2) is 13.4. The number of benzene rings is 2. The van der Waals surface area contributed by atoms with Crippen LogP contribution < -0.4 is 4.74 Å². The molecule has 3 rings (SSSR count). The average Bonchev–Trinajstić information content (AvgIpc) is 2.82. The highest BCUT2D eigenvalue weighted by molar-refractivity contribution is 5.73. The summed E-state index contributed by atoms with van der Waals surface area (Å²) in [6.07, 6.45) is 0.324. The van der Waals surface area contributed by atoms with Gasteiger partial charge in [0, 0.05) is 19.6 Å². The van der Waals surface area contributed by atoms with E-state index >= 15 is 0 Å². The molecule has 0 bridgehead atoms. The van der Waals surface area contributed by atoms with Crippen molar-refractivity contribution in [3.8, 4) is 5.75 Å². The second-order valence-electron chi connectivity index (χ2n) is 7.69. The number of hydrogen-bond acceptors (Lipinski definition) is 4. The van der Waals surface area contributed by atoms with E-state index in [4.69, 9.17) is 19.7 Å². The molecule has 0 fully saturated rings. The lowest BCUT2D eigenvalue weighted by atomic mass is 9.99. The highest BCUT2D eigenvalue weighted by atomic mass is 19.4. The van der Waals surface area contributed by atoms with Crippen LogP contribution >= 0.6 is 0 Å². The van der Waals surface area contributed by atoms with Crippen molar-refractivity contribution < 1.29 is 37.7 Å². The minimum Gasteiger partial charge on any atom is -0.494 e. The maximum Gasteiger partial charge on any atom is 0.490 e. The number of carboxylic acid groups (broad SMARTS) is 2. The van der Waals surface area contributed by atoms with Crippen molar-refractivity contribution in [2.45, 2.75) is 31.9 Å². The van der Waals surface area contributed by atoms with E-state index in [0.29, 0.717) is 6.54 Å². The predicted molar refractivity (Wildman–Crippen MR) is 122 cm³/mol. The number of nitrogens with zero attached hydrogens (tertiary/aromatic N) is 1. The van der Waals surface area contributed by atoms with Gasteiger partial charge in [0.2, 0.25) is 0 Å². The van der Waals surface area contributed by atoms with Gasteiger partial charge < -0.3 is 14.9 Å². The summed E-state index contributed by atoms with van der Waals surface area (Å²) in [6, 6.07) is 18.8. The summed E-state index contributed by atoms with van der Waals surface area (Å²) >= 11 is 0. The lowest BCUT2D eigenvalue weighted by Crippen LogP contribution is -2.30. The summed E-state index contributed by atoms with van der Waals surface area (Å²) in [5.74, 6) is -2.58. The zero-order valence-corrected chi connectivity index (χ0v) is 18.6. The van der Waals surface area contributed by atoms with Crippen molar-refractivity contribution >= 4 is 17.5 Å². The summed E-state index contributed by atoms with van der Waals surface area (Å²) in [6.45, 7) is 3.07. The molecule has 2 aromatic rings. The number of aliphatic carboxylic acids is 2. The van der Waals surface area contributed by atoms with Crippen molar-refractivity contribution in [1.29, 1.82) is 0 Å². The third-order valence-corrected chi connectivity index (χ3v) is 5.12. The molecule has 0 radical (unpaired) electrons. The first-order valence-electron chi connectivity index (χ1n) is 10.9. The third-order valence-electron chi connectivity index (χ3n) is 5.12. The maximum atomic E-state index is 10.7. The Morgan fingerprint density at radius 2 is 1.65 bits per heavy atom. The topological polar surface area (TPSA) is 87.1 Å². The van der Waals surface area contributed by atoms with E-state index in [1.54, 1.807) is 0 Å². The zero-order valence-electron chi connectivity index (χ0n) is 18.6. The summed E-state index contributed by atoms with van der Waals surface area (Å²) in [5, 5.41) is 15.9. The number of hydrogen-bond donors (Lipinski definition) is 2. The van der Waals surface area contributed by atoms with E-state index < -0.39 is 18.1 Å². The Morgan fingerprint density at radius 3 is 2.18 bits per heavy atom. The van der Waals surface area contributed by atoms with Gasteiger partial charge in [-0.3, -0.25) is 9.69 Å². The van der Waals surface area contributed by atoms with Gasteiger partial charge in [0.15, 0.2) is 0 Å². The molecule has 0 unspecified atom stereocenters. The Bertz CT molecular complexity index is 943. The van der Waals surface area contributed by atoms with Crippen molar-refractivity contribution in [2.24, 2.45) is 0 Å². The molecule has 0 saturated heterocycles. The van der Waals surface area contributed by atoms with E-state index in [-0.39, 0.29) is 6.42 Å². The largest absolute Gasteiger partial charge is 0.494 e. The van der Waals surface area contributed by atoms with Crippen LogP contribution in [0.1, 0.15) is 30.4 Å². The molecule has 9 heteroatoms. The van der Waals surface area contributed by atoms with Crippen LogP contribution in [0.3, 0.4) is 0 Å². The van der Waals surface area contributed by atoms with Crippen molar-refractivity contribution in [2.75, 3.05) is 26.2 Å². The highest BCUT2D eigenvalue weighted by Gasteiger charge is 2.38. The lowest BCUT2D eigenvalue weighted by Gasteiger charge is -2.25. The molecule has 0 aromatic heterocycles. The second-order valence-corrected chi connectivity index (χ2v) is 7.69. The molecular weight excluding hydrogens is 451 g/mol. The van der Waals surface area contributed by atoms with Gasteiger partial charge in [-0.15, -0.1) is 0 Å². The third kappa shape index (κ3) is 10.1. The first-order chi connectivity index (χ1) is 16.1. The van der Waals surface area contributed by atoms with Gasteiger partial charge in [-0.1, -0.05) is 48.5 Å². The SMILES string of the molecule is O=C(O)C(F)(F)F.O=C(O)CCN1CC=C(c2ccc(OCCCc3ccccc3)cc2)CC1. The van der Waals surface area contributed by atoms with Crippen LogP contribution in [0.2, 0.25) is 0 Å². The number of alkyl halides is 3. The molecular formula is C25H28F3NO5.